The molecule has 1 unspecified atom stereocenters. The van der Waals surface area contributed by atoms with E-state index in [9.17, 15) is 14.7 Å². The molecule has 3 aromatic carbocycles. The number of carbonyl (C=O) groups excluding carboxylic acids is 1. The maximum absolute atomic E-state index is 13.5. The van der Waals surface area contributed by atoms with Gasteiger partial charge in [0.2, 0.25) is 0 Å². The first-order valence-electron chi connectivity index (χ1n) is 10.7. The Bertz CT molecular complexity index is 1150. The summed E-state index contributed by atoms with van der Waals surface area (Å²) in [4.78, 5) is 27.5. The molecule has 1 amide bonds. The lowest BCUT2D eigenvalue weighted by atomic mass is 9.97. The van der Waals surface area contributed by atoms with Crippen LogP contribution in [0.25, 0.3) is 0 Å². The fraction of sp³-hybridized carbons (Fsp3) is 0.231. The lowest BCUT2D eigenvalue weighted by Crippen LogP contribution is -2.52. The summed E-state index contributed by atoms with van der Waals surface area (Å²) >= 11 is 0. The Kier molecular flexibility index (Phi) is 6.70. The fourth-order valence-corrected chi connectivity index (χ4v) is 4.09. The fourth-order valence-electron chi connectivity index (χ4n) is 4.09. The van der Waals surface area contributed by atoms with Crippen molar-refractivity contribution in [2.45, 2.75) is 18.4 Å². The van der Waals surface area contributed by atoms with Crippen molar-refractivity contribution in [1.82, 2.24) is 4.90 Å². The number of benzene rings is 3. The van der Waals surface area contributed by atoms with Crippen molar-refractivity contribution >= 4 is 12.1 Å². The van der Waals surface area contributed by atoms with Gasteiger partial charge in [0, 0.05) is 6.07 Å². The minimum Gasteiger partial charge on any atom is -0.497 e. The summed E-state index contributed by atoms with van der Waals surface area (Å²) in [6, 6.07) is 22.2. The van der Waals surface area contributed by atoms with Gasteiger partial charge in [-0.1, -0.05) is 60.7 Å². The number of hydrogen-bond donors (Lipinski definition) is 1. The summed E-state index contributed by atoms with van der Waals surface area (Å²) in [6.07, 6.45) is -0.824. The van der Waals surface area contributed by atoms with Gasteiger partial charge in [0.15, 0.2) is 0 Å². The van der Waals surface area contributed by atoms with Crippen molar-refractivity contribution in [2.75, 3.05) is 20.8 Å². The zero-order chi connectivity index (χ0) is 24.1. The SMILES string of the molecule is COc1ccc(C2(C(=O)O)OC[C@H](c3ccccc3)N2C(=O)OCc2ccccc2)c(OC)c1. The number of hydrogen-bond acceptors (Lipinski definition) is 6. The number of rotatable bonds is 7. The minimum atomic E-state index is -2.17. The first-order chi connectivity index (χ1) is 16.5. The summed E-state index contributed by atoms with van der Waals surface area (Å²) in [7, 11) is 2.90. The summed E-state index contributed by atoms with van der Waals surface area (Å²) in [5.74, 6) is -0.695. The molecule has 0 aliphatic carbocycles. The number of nitrogens with zero attached hydrogens (tertiary/aromatic N) is 1. The predicted molar refractivity (Wildman–Crippen MR) is 122 cm³/mol. The van der Waals surface area contributed by atoms with Gasteiger partial charge in [-0.05, 0) is 23.3 Å². The van der Waals surface area contributed by atoms with Crippen molar-refractivity contribution in [3.63, 3.8) is 0 Å². The maximum atomic E-state index is 13.5. The van der Waals surface area contributed by atoms with Crippen LogP contribution in [0.1, 0.15) is 22.7 Å². The van der Waals surface area contributed by atoms with E-state index in [0.29, 0.717) is 5.75 Å². The Hall–Kier alpha value is -4.04. The summed E-state index contributed by atoms with van der Waals surface area (Å²) < 4.78 is 22.3. The number of carboxylic acid groups (broad SMARTS) is 1. The van der Waals surface area contributed by atoms with Crippen LogP contribution < -0.4 is 9.47 Å². The molecule has 3 aromatic rings. The molecule has 0 aromatic heterocycles. The standard InChI is InChI=1S/C26H25NO7/c1-31-20-13-14-21(23(15-20)32-2)26(24(28)29)27(22(17-34-26)19-11-7-4-8-12-19)25(30)33-16-18-9-5-3-6-10-18/h3-15,22H,16-17H2,1-2H3,(H,28,29)/t22-,26?/m1/s1. The third-order valence-electron chi connectivity index (χ3n) is 5.75. The molecular formula is C26H25NO7. The number of carbonyl (C=O) groups is 2. The Labute approximate surface area is 197 Å². The van der Waals surface area contributed by atoms with Crippen molar-refractivity contribution in [3.8, 4) is 11.5 Å². The third-order valence-corrected chi connectivity index (χ3v) is 5.75. The molecule has 8 heteroatoms. The van der Waals surface area contributed by atoms with Gasteiger partial charge in [0.25, 0.3) is 5.72 Å². The lowest BCUT2D eigenvalue weighted by molar-refractivity contribution is -0.177. The molecule has 0 bridgehead atoms. The van der Waals surface area contributed by atoms with E-state index in [-0.39, 0.29) is 24.5 Å². The van der Waals surface area contributed by atoms with Gasteiger partial charge < -0.3 is 24.1 Å². The van der Waals surface area contributed by atoms with Gasteiger partial charge in [0.1, 0.15) is 18.1 Å². The van der Waals surface area contributed by atoms with Crippen LogP contribution in [-0.4, -0.2) is 42.9 Å². The second kappa shape index (κ2) is 9.84. The second-order valence-electron chi connectivity index (χ2n) is 7.66. The normalized spacial score (nSPS) is 19.5. The Morgan fingerprint density at radius 1 is 1.00 bits per heavy atom. The van der Waals surface area contributed by atoms with Crippen molar-refractivity contribution < 1.29 is 33.6 Å². The molecule has 8 nitrogen and oxygen atoms in total. The molecule has 2 atom stereocenters. The van der Waals surface area contributed by atoms with Crippen molar-refractivity contribution in [3.05, 3.63) is 95.6 Å². The molecular weight excluding hydrogens is 438 g/mol. The molecule has 0 radical (unpaired) electrons. The lowest BCUT2D eigenvalue weighted by Gasteiger charge is -2.36. The molecule has 1 saturated heterocycles. The van der Waals surface area contributed by atoms with Crippen LogP contribution >= 0.6 is 0 Å². The van der Waals surface area contributed by atoms with Crippen molar-refractivity contribution in [2.24, 2.45) is 0 Å². The largest absolute Gasteiger partial charge is 0.497 e. The highest BCUT2D eigenvalue weighted by molar-refractivity contribution is 5.86. The van der Waals surface area contributed by atoms with E-state index in [1.807, 2.05) is 60.7 Å². The first-order valence-corrected chi connectivity index (χ1v) is 10.7. The van der Waals surface area contributed by atoms with Crippen LogP contribution in [-0.2, 0) is 26.6 Å². The molecule has 0 spiro atoms. The van der Waals surface area contributed by atoms with Crippen LogP contribution in [0.4, 0.5) is 4.79 Å². The molecule has 34 heavy (non-hydrogen) atoms. The number of ether oxygens (including phenoxy) is 4. The number of carboxylic acids is 1. The van der Waals surface area contributed by atoms with E-state index >= 15 is 0 Å². The zero-order valence-electron chi connectivity index (χ0n) is 18.8. The predicted octanol–water partition coefficient (Wildman–Crippen LogP) is 4.35. The molecule has 0 saturated carbocycles. The highest BCUT2D eigenvalue weighted by Crippen LogP contribution is 2.48. The van der Waals surface area contributed by atoms with Gasteiger partial charge in [-0.2, -0.15) is 0 Å². The molecule has 1 aliphatic rings. The van der Waals surface area contributed by atoms with Gasteiger partial charge in [-0.25, -0.2) is 9.59 Å². The van der Waals surface area contributed by atoms with Crippen LogP contribution in [0.3, 0.4) is 0 Å². The number of aliphatic carboxylic acids is 1. The molecule has 176 valence electrons. The van der Waals surface area contributed by atoms with Crippen LogP contribution in [0, 0.1) is 0 Å². The van der Waals surface area contributed by atoms with Gasteiger partial charge in [-0.15, -0.1) is 0 Å². The first kappa shape index (κ1) is 23.1. The topological polar surface area (TPSA) is 94.5 Å². The summed E-state index contributed by atoms with van der Waals surface area (Å²) in [5, 5.41) is 10.5. The maximum Gasteiger partial charge on any atom is 0.413 e. The Balaban J connectivity index is 1.80. The van der Waals surface area contributed by atoms with Crippen molar-refractivity contribution in [1.29, 1.82) is 0 Å². The smallest absolute Gasteiger partial charge is 0.413 e. The summed E-state index contributed by atoms with van der Waals surface area (Å²) in [5.41, 5.74) is -0.533. The number of methoxy groups -OCH3 is 2. The van der Waals surface area contributed by atoms with Crippen LogP contribution in [0.5, 0.6) is 11.5 Å². The monoisotopic (exact) mass is 463 g/mol. The second-order valence-corrected chi connectivity index (χ2v) is 7.66. The summed E-state index contributed by atoms with van der Waals surface area (Å²) in [6.45, 7) is -0.0704. The van der Waals surface area contributed by atoms with E-state index in [1.165, 1.54) is 20.3 Å². The Morgan fingerprint density at radius 2 is 1.68 bits per heavy atom. The average Bonchev–Trinajstić information content (AvgIpc) is 3.29. The highest BCUT2D eigenvalue weighted by Gasteiger charge is 2.60. The third kappa shape index (κ3) is 4.15. The average molecular weight is 463 g/mol. The molecule has 1 aliphatic heterocycles. The van der Waals surface area contributed by atoms with E-state index in [4.69, 9.17) is 18.9 Å². The van der Waals surface area contributed by atoms with Crippen LogP contribution in [0.15, 0.2) is 78.9 Å². The minimum absolute atomic E-state index is 0.0207. The van der Waals surface area contributed by atoms with Gasteiger partial charge >= 0.3 is 12.1 Å². The molecule has 1 fully saturated rings. The molecule has 1 N–H and O–H groups in total. The quantitative estimate of drug-likeness (QED) is 0.557. The zero-order valence-corrected chi connectivity index (χ0v) is 18.8. The van der Waals surface area contributed by atoms with Gasteiger partial charge in [-0.3, -0.25) is 4.90 Å². The molecule has 4 rings (SSSR count). The van der Waals surface area contributed by atoms with E-state index in [0.717, 1.165) is 16.0 Å². The number of amides is 1. The van der Waals surface area contributed by atoms with Gasteiger partial charge in [0.05, 0.1) is 32.4 Å². The Morgan fingerprint density at radius 3 is 2.29 bits per heavy atom. The van der Waals surface area contributed by atoms with E-state index in [1.54, 1.807) is 12.1 Å². The van der Waals surface area contributed by atoms with Crippen LogP contribution in [0.2, 0.25) is 0 Å². The van der Waals surface area contributed by atoms with E-state index in [2.05, 4.69) is 0 Å². The van der Waals surface area contributed by atoms with E-state index < -0.39 is 23.8 Å². The molecule has 1 heterocycles. The highest BCUT2D eigenvalue weighted by atomic mass is 16.6.